The van der Waals surface area contributed by atoms with Gasteiger partial charge in [0.15, 0.2) is 0 Å². The van der Waals surface area contributed by atoms with Crippen molar-refractivity contribution < 1.29 is 13.2 Å². The largest absolute Gasteiger partial charge is 0.416 e. The molecule has 0 saturated heterocycles. The first kappa shape index (κ1) is 17.2. The molecule has 0 unspecified atom stereocenters. The van der Waals surface area contributed by atoms with Crippen molar-refractivity contribution in [1.82, 2.24) is 14.9 Å². The average Bonchev–Trinajstić information content (AvgIpc) is 3.06. The predicted octanol–water partition coefficient (Wildman–Crippen LogP) is 4.47. The summed E-state index contributed by atoms with van der Waals surface area (Å²) < 4.78 is 39.6. The van der Waals surface area contributed by atoms with Gasteiger partial charge in [-0.05, 0) is 23.3 Å². The van der Waals surface area contributed by atoms with E-state index in [-0.39, 0.29) is 0 Å². The molecule has 25 heavy (non-hydrogen) atoms. The van der Waals surface area contributed by atoms with Crippen molar-refractivity contribution in [1.29, 1.82) is 0 Å². The Kier molecular flexibility index (Phi) is 5.18. The van der Waals surface area contributed by atoms with E-state index in [1.807, 2.05) is 30.3 Å². The molecule has 0 bridgehead atoms. The molecule has 3 aromatic rings. The first-order valence-electron chi connectivity index (χ1n) is 7.31. The summed E-state index contributed by atoms with van der Waals surface area (Å²) in [4.78, 5) is 0. The lowest BCUT2D eigenvalue weighted by Gasteiger charge is -2.06. The van der Waals surface area contributed by atoms with Gasteiger partial charge in [-0.25, -0.2) is 0 Å². The molecule has 0 saturated carbocycles. The summed E-state index contributed by atoms with van der Waals surface area (Å²) in [6, 6.07) is 14.8. The van der Waals surface area contributed by atoms with E-state index in [1.165, 1.54) is 35.0 Å². The Hall–Kier alpha value is -2.61. The molecule has 1 heterocycles. The molecule has 2 aromatic carbocycles. The van der Waals surface area contributed by atoms with Gasteiger partial charge in [-0.15, -0.1) is 10.2 Å². The molecule has 0 aliphatic rings. The third kappa shape index (κ3) is 4.69. The highest BCUT2D eigenvalue weighted by atomic mass is 32.2. The minimum absolute atomic E-state index is 0.350. The Balaban J connectivity index is 1.72. The maximum Gasteiger partial charge on any atom is 0.416 e. The van der Waals surface area contributed by atoms with Gasteiger partial charge < -0.3 is 0 Å². The summed E-state index contributed by atoms with van der Waals surface area (Å²) in [5, 5.41) is 12.5. The van der Waals surface area contributed by atoms with Gasteiger partial charge >= 0.3 is 6.18 Å². The molecule has 0 N–H and O–H groups in total. The average molecular weight is 362 g/mol. The number of thioether (sulfide) groups is 1. The first-order valence-corrected chi connectivity index (χ1v) is 8.29. The number of aromatic nitrogens is 3. The molecule has 0 aliphatic heterocycles. The minimum Gasteiger partial charge on any atom is -0.195 e. The van der Waals surface area contributed by atoms with Crippen molar-refractivity contribution in [2.24, 2.45) is 5.10 Å². The van der Waals surface area contributed by atoms with Crippen molar-refractivity contribution >= 4 is 18.0 Å². The van der Waals surface area contributed by atoms with Crippen molar-refractivity contribution in [3.8, 4) is 0 Å². The zero-order valence-corrected chi connectivity index (χ0v) is 13.7. The molecule has 3 rings (SSSR count). The monoisotopic (exact) mass is 362 g/mol. The smallest absolute Gasteiger partial charge is 0.195 e. The second kappa shape index (κ2) is 7.52. The van der Waals surface area contributed by atoms with Crippen LogP contribution in [0.5, 0.6) is 0 Å². The third-order valence-corrected chi connectivity index (χ3v) is 4.26. The second-order valence-electron chi connectivity index (χ2n) is 5.10. The fraction of sp³-hybridized carbons (Fsp3) is 0.118. The van der Waals surface area contributed by atoms with Crippen LogP contribution in [0, 0.1) is 0 Å². The minimum atomic E-state index is -4.38. The van der Waals surface area contributed by atoms with Crippen LogP contribution in [-0.2, 0) is 11.9 Å². The molecule has 0 radical (unpaired) electrons. The molecular weight excluding hydrogens is 349 g/mol. The second-order valence-corrected chi connectivity index (χ2v) is 6.04. The Morgan fingerprint density at radius 2 is 1.88 bits per heavy atom. The van der Waals surface area contributed by atoms with Crippen LogP contribution in [0.15, 0.2) is 71.2 Å². The molecular formula is C17H13F3N4S. The number of nitrogens with zero attached hydrogens (tertiary/aromatic N) is 4. The number of hydrogen-bond acceptors (Lipinski definition) is 4. The van der Waals surface area contributed by atoms with E-state index in [0.29, 0.717) is 16.5 Å². The highest BCUT2D eigenvalue weighted by Crippen LogP contribution is 2.29. The van der Waals surface area contributed by atoms with Crippen LogP contribution < -0.4 is 0 Å². The van der Waals surface area contributed by atoms with E-state index in [2.05, 4.69) is 15.3 Å². The molecule has 1 aromatic heterocycles. The quantitative estimate of drug-likeness (QED) is 0.497. The highest BCUT2D eigenvalue weighted by Gasteiger charge is 2.30. The van der Waals surface area contributed by atoms with Gasteiger partial charge in [0, 0.05) is 5.75 Å². The van der Waals surface area contributed by atoms with Crippen LogP contribution in [0.25, 0.3) is 0 Å². The molecule has 0 amide bonds. The predicted molar refractivity (Wildman–Crippen MR) is 90.5 cm³/mol. The van der Waals surface area contributed by atoms with Crippen LogP contribution >= 0.6 is 11.8 Å². The number of benzene rings is 2. The first-order chi connectivity index (χ1) is 12.0. The van der Waals surface area contributed by atoms with Crippen molar-refractivity contribution in [2.45, 2.75) is 17.1 Å². The number of halogens is 3. The number of rotatable bonds is 5. The topological polar surface area (TPSA) is 43.1 Å². The molecule has 0 atom stereocenters. The van der Waals surface area contributed by atoms with Crippen LogP contribution in [0.3, 0.4) is 0 Å². The van der Waals surface area contributed by atoms with Crippen molar-refractivity contribution in [2.75, 3.05) is 0 Å². The van der Waals surface area contributed by atoms with Gasteiger partial charge in [0.1, 0.15) is 6.33 Å². The Morgan fingerprint density at radius 3 is 2.64 bits per heavy atom. The van der Waals surface area contributed by atoms with Crippen molar-refractivity contribution in [3.05, 3.63) is 77.6 Å². The molecule has 0 fully saturated rings. The SMILES string of the molecule is FC(F)(F)c1cccc(/C=N\n2cnnc2SCc2ccccc2)c1. The normalized spacial score (nSPS) is 12.0. The van der Waals surface area contributed by atoms with Gasteiger partial charge in [0.2, 0.25) is 5.16 Å². The van der Waals surface area contributed by atoms with Crippen LogP contribution in [0.2, 0.25) is 0 Å². The van der Waals surface area contributed by atoms with Gasteiger partial charge in [0.25, 0.3) is 0 Å². The summed E-state index contributed by atoms with van der Waals surface area (Å²) in [5.74, 6) is 0.693. The number of alkyl halides is 3. The van der Waals surface area contributed by atoms with Crippen LogP contribution in [0.1, 0.15) is 16.7 Å². The molecule has 0 spiro atoms. The standard InChI is InChI=1S/C17H13F3N4S/c18-17(19,20)15-8-4-7-14(9-15)10-22-24-12-21-23-16(24)25-11-13-5-2-1-3-6-13/h1-10,12H,11H2/b22-10-. The summed E-state index contributed by atoms with van der Waals surface area (Å²) in [5.41, 5.74) is 0.769. The van der Waals surface area contributed by atoms with E-state index in [1.54, 1.807) is 6.07 Å². The van der Waals surface area contributed by atoms with Gasteiger partial charge in [-0.1, -0.05) is 54.2 Å². The van der Waals surface area contributed by atoms with E-state index in [4.69, 9.17) is 0 Å². The molecule has 0 aliphatic carbocycles. The van der Waals surface area contributed by atoms with E-state index in [9.17, 15) is 13.2 Å². The summed E-state index contributed by atoms with van der Waals surface area (Å²) in [7, 11) is 0. The maximum absolute atomic E-state index is 12.7. The summed E-state index contributed by atoms with van der Waals surface area (Å²) >= 11 is 1.44. The maximum atomic E-state index is 12.7. The zero-order chi connectivity index (χ0) is 17.7. The fourth-order valence-electron chi connectivity index (χ4n) is 2.04. The summed E-state index contributed by atoms with van der Waals surface area (Å²) in [6.07, 6.45) is -1.61. The van der Waals surface area contributed by atoms with Crippen LogP contribution in [0.4, 0.5) is 13.2 Å². The van der Waals surface area contributed by atoms with Crippen LogP contribution in [-0.4, -0.2) is 21.1 Å². The van der Waals surface area contributed by atoms with E-state index in [0.717, 1.165) is 17.7 Å². The van der Waals surface area contributed by atoms with Gasteiger partial charge in [0.05, 0.1) is 11.8 Å². The number of hydrogen-bond donors (Lipinski definition) is 0. The zero-order valence-electron chi connectivity index (χ0n) is 12.9. The lowest BCUT2D eigenvalue weighted by Crippen LogP contribution is -2.05. The van der Waals surface area contributed by atoms with Crippen molar-refractivity contribution in [3.63, 3.8) is 0 Å². The Labute approximate surface area is 146 Å². The third-order valence-electron chi connectivity index (χ3n) is 3.26. The molecule has 8 heteroatoms. The molecule has 4 nitrogen and oxygen atoms in total. The Bertz CT molecular complexity index is 860. The fourth-order valence-corrected chi connectivity index (χ4v) is 2.86. The van der Waals surface area contributed by atoms with E-state index < -0.39 is 11.7 Å². The summed E-state index contributed by atoms with van der Waals surface area (Å²) in [6.45, 7) is 0. The van der Waals surface area contributed by atoms with Gasteiger partial charge in [-0.2, -0.15) is 22.9 Å². The van der Waals surface area contributed by atoms with E-state index >= 15 is 0 Å². The Morgan fingerprint density at radius 1 is 1.08 bits per heavy atom. The molecule has 128 valence electrons. The highest BCUT2D eigenvalue weighted by molar-refractivity contribution is 7.98. The lowest BCUT2D eigenvalue weighted by molar-refractivity contribution is -0.137. The van der Waals surface area contributed by atoms with Gasteiger partial charge in [-0.3, -0.25) is 0 Å². The lowest BCUT2D eigenvalue weighted by atomic mass is 10.1.